The molecule has 55 valence electrons. The van der Waals surface area contributed by atoms with Gasteiger partial charge in [-0.25, -0.2) is 5.32 Å². The van der Waals surface area contributed by atoms with Gasteiger partial charge in [-0.3, -0.25) is 0 Å². The Morgan fingerprint density at radius 3 is 1.80 bits per heavy atom. The lowest BCUT2D eigenvalue weighted by Crippen LogP contribution is -2.56. The molecule has 4 aliphatic heterocycles. The first kappa shape index (κ1) is 5.56. The molecule has 0 amide bonds. The Hall–Kier alpha value is -0.0800. The van der Waals surface area contributed by atoms with Gasteiger partial charge in [0.2, 0.25) is 0 Å². The maximum atomic E-state index is 5.76. The normalized spacial score (nSPS) is 57.6. The van der Waals surface area contributed by atoms with Crippen molar-refractivity contribution in [2.24, 2.45) is 0 Å². The molecule has 10 heavy (non-hydrogen) atoms. The summed E-state index contributed by atoms with van der Waals surface area (Å²) in [5, 5.41) is 4.69. The molecule has 0 spiro atoms. The third kappa shape index (κ3) is 0.663. The van der Waals surface area contributed by atoms with Crippen LogP contribution in [0.15, 0.2) is 0 Å². The summed E-state index contributed by atoms with van der Waals surface area (Å²) in [4.78, 5) is 0. The molecule has 4 aliphatic rings. The highest BCUT2D eigenvalue weighted by Gasteiger charge is 2.43. The molecule has 2 nitrogen and oxygen atoms in total. The average Bonchev–Trinajstić information content (AvgIpc) is 1.82. The van der Waals surface area contributed by atoms with Gasteiger partial charge in [0.25, 0.3) is 0 Å². The zero-order valence-corrected chi connectivity index (χ0v) is 5.99. The molecule has 4 rings (SSSR count). The zero-order valence-electron chi connectivity index (χ0n) is 5.99. The van der Waals surface area contributed by atoms with Crippen LogP contribution in [-0.2, 0) is 4.74 Å². The summed E-state index contributed by atoms with van der Waals surface area (Å²) >= 11 is 0. The molecule has 4 bridgehead atoms. The van der Waals surface area contributed by atoms with E-state index in [4.69, 9.17) is 4.74 Å². The van der Waals surface area contributed by atoms with E-state index in [1.54, 1.807) is 0 Å². The van der Waals surface area contributed by atoms with Gasteiger partial charge in [0.15, 0.2) is 0 Å². The van der Waals surface area contributed by atoms with E-state index in [0.29, 0.717) is 24.3 Å². The molecule has 4 saturated heterocycles. The van der Waals surface area contributed by atoms with Crippen molar-refractivity contribution < 1.29 is 4.74 Å². The summed E-state index contributed by atoms with van der Waals surface area (Å²) in [7, 11) is 0. The number of ether oxygens (including phenoxy) is 1. The van der Waals surface area contributed by atoms with Crippen LogP contribution < -0.4 is 5.32 Å². The Kier molecular flexibility index (Phi) is 0.968. The lowest BCUT2D eigenvalue weighted by Gasteiger charge is -2.49. The van der Waals surface area contributed by atoms with Gasteiger partial charge in [0.05, 0.1) is 12.2 Å². The van der Waals surface area contributed by atoms with Gasteiger partial charge >= 0.3 is 0 Å². The van der Waals surface area contributed by atoms with Crippen LogP contribution in [0.4, 0.5) is 0 Å². The van der Waals surface area contributed by atoms with E-state index in [9.17, 15) is 0 Å². The minimum absolute atomic E-state index is 0.583. The third-order valence-electron chi connectivity index (χ3n) is 2.95. The highest BCUT2D eigenvalue weighted by Crippen LogP contribution is 2.37. The van der Waals surface area contributed by atoms with Gasteiger partial charge in [-0.15, -0.1) is 0 Å². The first-order valence-electron chi connectivity index (χ1n) is 4.25. The van der Waals surface area contributed by atoms with Crippen molar-refractivity contribution in [1.29, 1.82) is 0 Å². The van der Waals surface area contributed by atoms with Gasteiger partial charge in [0.1, 0.15) is 0 Å². The molecule has 0 aromatic rings. The van der Waals surface area contributed by atoms with Crippen LogP contribution in [0, 0.1) is 0 Å². The predicted molar refractivity (Wildman–Crippen MR) is 36.8 cm³/mol. The van der Waals surface area contributed by atoms with Gasteiger partial charge in [-0.1, -0.05) is 0 Å². The quantitative estimate of drug-likeness (QED) is 0.483. The number of rotatable bonds is 0. The second-order valence-electron chi connectivity index (χ2n) is 3.78. The van der Waals surface area contributed by atoms with E-state index in [1.165, 1.54) is 25.7 Å². The summed E-state index contributed by atoms with van der Waals surface area (Å²) < 4.78 is 5.76. The Morgan fingerprint density at radius 2 is 1.40 bits per heavy atom. The van der Waals surface area contributed by atoms with Crippen LogP contribution in [-0.4, -0.2) is 24.3 Å². The summed E-state index contributed by atoms with van der Waals surface area (Å²) in [6, 6.07) is 1.35. The number of hydrogen-bond donors (Lipinski definition) is 0. The second kappa shape index (κ2) is 1.74. The summed E-state index contributed by atoms with van der Waals surface area (Å²) in [6.07, 6.45) is 6.03. The Bertz CT molecular complexity index is 101. The smallest absolute Gasteiger partial charge is 0.0609 e. The van der Waals surface area contributed by atoms with Crippen LogP contribution in [0.25, 0.3) is 0 Å². The first-order chi connectivity index (χ1) is 4.90. The minimum Gasteiger partial charge on any atom is -0.375 e. The van der Waals surface area contributed by atoms with E-state index in [0.717, 1.165) is 0 Å². The number of nitrogens with zero attached hydrogens (tertiary/aromatic N) is 1. The van der Waals surface area contributed by atoms with E-state index in [1.807, 2.05) is 0 Å². The summed E-state index contributed by atoms with van der Waals surface area (Å²) in [5.41, 5.74) is 0. The molecule has 0 aliphatic carbocycles. The third-order valence-corrected chi connectivity index (χ3v) is 2.95. The highest BCUT2D eigenvalue weighted by atomic mass is 16.5. The topological polar surface area (TPSA) is 23.3 Å². The Balaban J connectivity index is 1.90. The fourth-order valence-corrected chi connectivity index (χ4v) is 2.63. The molecule has 0 aromatic carbocycles. The maximum absolute atomic E-state index is 5.76. The molecule has 0 N–H and O–H groups in total. The van der Waals surface area contributed by atoms with Crippen LogP contribution in [0.1, 0.15) is 25.7 Å². The fourth-order valence-electron chi connectivity index (χ4n) is 2.63. The first-order valence-corrected chi connectivity index (χ1v) is 4.25. The van der Waals surface area contributed by atoms with E-state index in [-0.39, 0.29) is 0 Å². The van der Waals surface area contributed by atoms with Gasteiger partial charge in [-0.05, 0) is 25.7 Å². The molecule has 0 atom stereocenters. The van der Waals surface area contributed by atoms with Crippen molar-refractivity contribution in [2.75, 3.05) is 0 Å². The maximum Gasteiger partial charge on any atom is 0.0609 e. The van der Waals surface area contributed by atoms with E-state index >= 15 is 0 Å². The Labute approximate surface area is 60.9 Å². The summed E-state index contributed by atoms with van der Waals surface area (Å²) in [6.45, 7) is 0. The van der Waals surface area contributed by atoms with Crippen molar-refractivity contribution >= 4 is 0 Å². The number of hydrogen-bond acceptors (Lipinski definition) is 1. The molecule has 0 unspecified atom stereocenters. The largest absolute Gasteiger partial charge is 0.375 e. The SMILES string of the molecule is C1C2CC3CC(CC1O3)[N]2. The molecule has 1 radical (unpaired) electrons. The lowest BCUT2D eigenvalue weighted by atomic mass is 9.80. The molecule has 4 heterocycles. The van der Waals surface area contributed by atoms with Crippen LogP contribution in [0.2, 0.25) is 0 Å². The second-order valence-corrected chi connectivity index (χ2v) is 3.78. The number of piperidine rings is 2. The van der Waals surface area contributed by atoms with Gasteiger partial charge in [0, 0.05) is 12.1 Å². The van der Waals surface area contributed by atoms with Crippen LogP contribution in [0.3, 0.4) is 0 Å². The van der Waals surface area contributed by atoms with Crippen molar-refractivity contribution in [1.82, 2.24) is 5.32 Å². The van der Waals surface area contributed by atoms with Crippen molar-refractivity contribution in [3.05, 3.63) is 0 Å². The molecule has 2 heteroatoms. The molecule has 0 saturated carbocycles. The average molecular weight is 138 g/mol. The van der Waals surface area contributed by atoms with Crippen LogP contribution >= 0.6 is 0 Å². The van der Waals surface area contributed by atoms with E-state index < -0.39 is 0 Å². The molecule has 0 aromatic heterocycles. The molecular weight excluding hydrogens is 126 g/mol. The fraction of sp³-hybridized carbons (Fsp3) is 1.00. The lowest BCUT2D eigenvalue weighted by molar-refractivity contribution is -0.134. The summed E-state index contributed by atoms with van der Waals surface area (Å²) in [5.74, 6) is 0. The van der Waals surface area contributed by atoms with Gasteiger partial charge in [-0.2, -0.15) is 0 Å². The molecular formula is C8H12NO. The van der Waals surface area contributed by atoms with Crippen molar-refractivity contribution in [3.8, 4) is 0 Å². The predicted octanol–water partition coefficient (Wildman–Crippen LogP) is 0.683. The van der Waals surface area contributed by atoms with Crippen molar-refractivity contribution in [2.45, 2.75) is 50.0 Å². The van der Waals surface area contributed by atoms with Gasteiger partial charge < -0.3 is 4.74 Å². The van der Waals surface area contributed by atoms with E-state index in [2.05, 4.69) is 5.32 Å². The minimum atomic E-state index is 0.583. The Morgan fingerprint density at radius 1 is 0.900 bits per heavy atom. The highest BCUT2D eigenvalue weighted by molar-refractivity contribution is 4.98. The molecule has 4 fully saturated rings. The van der Waals surface area contributed by atoms with Crippen molar-refractivity contribution in [3.63, 3.8) is 0 Å². The van der Waals surface area contributed by atoms with Crippen LogP contribution in [0.5, 0.6) is 0 Å². The standard InChI is InChI=1S/C8H12NO/c1-5-2-8-4-6(9-5)3-7(1)10-8/h5-8H,1-4H2. The zero-order chi connectivity index (χ0) is 6.55. The monoisotopic (exact) mass is 138 g/mol.